The van der Waals surface area contributed by atoms with Gasteiger partial charge in [0.05, 0.1) is 17.9 Å². The lowest BCUT2D eigenvalue weighted by Gasteiger charge is -2.56. The summed E-state index contributed by atoms with van der Waals surface area (Å²) in [6, 6.07) is 10.1. The third kappa shape index (κ3) is 7.64. The summed E-state index contributed by atoms with van der Waals surface area (Å²) in [5.74, 6) is 1.78. The molecule has 0 radical (unpaired) electrons. The second kappa shape index (κ2) is 14.1. The molecule has 1 aromatic carbocycles. The standard InChI is InChI=1S/C39H56N8O3/c1-27(47-26-30(24-41-47)33-21-34(42-43-36(33)40)32-7-5-6-8-35(32)48)29-11-17-45(18-12-29)31-22-39(23-31)13-19-44(20-14-39)25-28-9-15-46(16-10-28)37(49)50-38(2,3)4/h5-8,21,24,26-29,31,48H,9-20,22-23,25H2,1-4H3,(H2,40,43). The lowest BCUT2D eigenvalue weighted by molar-refractivity contribution is -0.0564. The molecule has 0 bridgehead atoms. The molecule has 3 saturated heterocycles. The molecule has 11 heteroatoms. The van der Waals surface area contributed by atoms with Crippen LogP contribution in [0.25, 0.3) is 22.4 Å². The van der Waals surface area contributed by atoms with Gasteiger partial charge >= 0.3 is 6.09 Å². The van der Waals surface area contributed by atoms with Crippen molar-refractivity contribution in [3.8, 4) is 28.1 Å². The summed E-state index contributed by atoms with van der Waals surface area (Å²) in [6.07, 6.45) is 13.7. The lowest BCUT2D eigenvalue weighted by Crippen LogP contribution is -2.57. The third-order valence-electron chi connectivity index (χ3n) is 12.1. The molecule has 50 heavy (non-hydrogen) atoms. The summed E-state index contributed by atoms with van der Waals surface area (Å²) in [4.78, 5) is 19.8. The maximum Gasteiger partial charge on any atom is 0.410 e. The molecule has 1 atom stereocenters. The number of aromatic hydroxyl groups is 1. The second-order valence-corrected chi connectivity index (χ2v) is 16.6. The number of anilines is 1. The Morgan fingerprint density at radius 2 is 1.70 bits per heavy atom. The number of phenols is 1. The van der Waals surface area contributed by atoms with Gasteiger partial charge in [-0.1, -0.05) is 12.1 Å². The highest BCUT2D eigenvalue weighted by Gasteiger charge is 2.48. The van der Waals surface area contributed by atoms with Crippen LogP contribution in [-0.4, -0.2) is 103 Å². The van der Waals surface area contributed by atoms with Crippen LogP contribution < -0.4 is 5.73 Å². The quantitative estimate of drug-likeness (QED) is 0.288. The minimum Gasteiger partial charge on any atom is -0.507 e. The molecule has 5 heterocycles. The molecule has 3 N–H and O–H groups in total. The number of para-hydroxylation sites is 1. The third-order valence-corrected chi connectivity index (χ3v) is 12.1. The molecule has 3 aliphatic heterocycles. The van der Waals surface area contributed by atoms with Crippen LogP contribution in [0.1, 0.15) is 85.1 Å². The predicted molar refractivity (Wildman–Crippen MR) is 195 cm³/mol. The van der Waals surface area contributed by atoms with Gasteiger partial charge in [-0.3, -0.25) is 4.68 Å². The van der Waals surface area contributed by atoms with E-state index in [1.54, 1.807) is 12.1 Å². The minimum absolute atomic E-state index is 0.159. The van der Waals surface area contributed by atoms with E-state index in [-0.39, 0.29) is 11.8 Å². The number of piperidine rings is 3. The number of rotatable bonds is 7. The first kappa shape index (κ1) is 34.7. The Labute approximate surface area is 297 Å². The SMILES string of the molecule is CC(C1CCN(C2CC3(CCN(CC4CCN(C(=O)OC(C)(C)C)CC4)CC3)C2)CC1)n1cc(-c2cc(-c3ccccc3O)nnc2N)cn1. The van der Waals surface area contributed by atoms with Crippen LogP contribution in [0.4, 0.5) is 10.6 Å². The molecular formula is C39H56N8O3. The van der Waals surface area contributed by atoms with Crippen molar-refractivity contribution in [3.05, 3.63) is 42.7 Å². The first-order valence-electron chi connectivity index (χ1n) is 18.9. The number of hydrogen-bond donors (Lipinski definition) is 2. The highest BCUT2D eigenvalue weighted by atomic mass is 16.6. The molecule has 3 aromatic rings. The topological polar surface area (TPSA) is 126 Å². The Hall–Kier alpha value is -3.70. The van der Waals surface area contributed by atoms with Gasteiger partial charge in [-0.05, 0) is 141 Å². The van der Waals surface area contributed by atoms with Crippen molar-refractivity contribution in [2.24, 2.45) is 17.3 Å². The van der Waals surface area contributed by atoms with Crippen LogP contribution in [0.3, 0.4) is 0 Å². The van der Waals surface area contributed by atoms with Crippen LogP contribution >= 0.6 is 0 Å². The zero-order chi connectivity index (χ0) is 35.0. The molecule has 1 saturated carbocycles. The monoisotopic (exact) mass is 684 g/mol. The Balaban J connectivity index is 0.842. The predicted octanol–water partition coefficient (Wildman–Crippen LogP) is 6.46. The molecule has 7 rings (SSSR count). The number of likely N-dealkylation sites (tertiary alicyclic amines) is 3. The van der Waals surface area contributed by atoms with Gasteiger partial charge in [-0.25, -0.2) is 4.79 Å². The van der Waals surface area contributed by atoms with Gasteiger partial charge in [0.2, 0.25) is 0 Å². The average Bonchev–Trinajstić information content (AvgIpc) is 3.58. The van der Waals surface area contributed by atoms with Crippen LogP contribution in [0.15, 0.2) is 42.7 Å². The van der Waals surface area contributed by atoms with Crippen molar-refractivity contribution in [2.75, 3.05) is 51.5 Å². The van der Waals surface area contributed by atoms with Crippen LogP contribution in [0.2, 0.25) is 0 Å². The van der Waals surface area contributed by atoms with Crippen molar-refractivity contribution in [3.63, 3.8) is 0 Å². The normalized spacial score (nSPS) is 22.0. The van der Waals surface area contributed by atoms with Crippen molar-refractivity contribution in [1.29, 1.82) is 0 Å². The van der Waals surface area contributed by atoms with Crippen LogP contribution in [0.5, 0.6) is 5.75 Å². The molecule has 4 aliphatic rings. The van der Waals surface area contributed by atoms with E-state index in [2.05, 4.69) is 37.8 Å². The van der Waals surface area contributed by atoms with Gasteiger partial charge in [-0.2, -0.15) is 5.10 Å². The molecule has 4 fully saturated rings. The fourth-order valence-corrected chi connectivity index (χ4v) is 8.94. The Morgan fingerprint density at radius 1 is 1.00 bits per heavy atom. The van der Waals surface area contributed by atoms with E-state index >= 15 is 0 Å². The van der Waals surface area contributed by atoms with Gasteiger partial charge in [0, 0.05) is 48.6 Å². The van der Waals surface area contributed by atoms with Gasteiger partial charge in [0.15, 0.2) is 5.82 Å². The highest BCUT2D eigenvalue weighted by molar-refractivity contribution is 5.78. The van der Waals surface area contributed by atoms with E-state index in [1.165, 1.54) is 71.2 Å². The fourth-order valence-electron chi connectivity index (χ4n) is 8.94. The van der Waals surface area contributed by atoms with Crippen molar-refractivity contribution in [1.82, 2.24) is 34.7 Å². The van der Waals surface area contributed by atoms with Crippen LogP contribution in [-0.2, 0) is 4.74 Å². The molecule has 1 spiro atoms. The molecule has 1 unspecified atom stereocenters. The number of phenolic OH excluding ortho intramolecular Hbond substituents is 1. The maximum atomic E-state index is 12.4. The number of carbonyl (C=O) groups is 1. The molecule has 1 amide bonds. The van der Waals surface area contributed by atoms with Crippen molar-refractivity contribution < 1.29 is 14.6 Å². The summed E-state index contributed by atoms with van der Waals surface area (Å²) in [5.41, 5.74) is 9.27. The molecule has 270 valence electrons. The molecule has 2 aromatic heterocycles. The van der Waals surface area contributed by atoms with Crippen molar-refractivity contribution in [2.45, 2.75) is 96.7 Å². The number of amides is 1. The van der Waals surface area contributed by atoms with Gasteiger partial charge in [-0.15, -0.1) is 10.2 Å². The minimum atomic E-state index is -0.433. The number of carbonyl (C=O) groups excluding carboxylic acids is 1. The Bertz CT molecular complexity index is 1620. The largest absolute Gasteiger partial charge is 0.507 e. The molecular weight excluding hydrogens is 628 g/mol. The van der Waals surface area contributed by atoms with Gasteiger partial charge < -0.3 is 30.3 Å². The Kier molecular flexibility index (Phi) is 9.82. The first-order valence-corrected chi connectivity index (χ1v) is 18.9. The van der Waals surface area contributed by atoms with Crippen LogP contribution in [0, 0.1) is 17.3 Å². The van der Waals surface area contributed by atoms with Gasteiger partial charge in [0.1, 0.15) is 11.4 Å². The average molecular weight is 685 g/mol. The molecule has 1 aliphatic carbocycles. The summed E-state index contributed by atoms with van der Waals surface area (Å²) in [7, 11) is 0. The summed E-state index contributed by atoms with van der Waals surface area (Å²) < 4.78 is 7.67. The van der Waals surface area contributed by atoms with E-state index in [9.17, 15) is 9.90 Å². The number of aromatic nitrogens is 4. The summed E-state index contributed by atoms with van der Waals surface area (Å²) in [5, 5.41) is 23.5. The second-order valence-electron chi connectivity index (χ2n) is 16.6. The number of nitrogen functional groups attached to an aromatic ring is 1. The molecule has 11 nitrogen and oxygen atoms in total. The lowest BCUT2D eigenvalue weighted by atomic mass is 9.59. The van der Waals surface area contributed by atoms with E-state index in [4.69, 9.17) is 15.6 Å². The number of ether oxygens (including phenoxy) is 1. The van der Waals surface area contributed by atoms with Crippen molar-refractivity contribution >= 4 is 11.9 Å². The number of hydrogen-bond acceptors (Lipinski definition) is 9. The number of benzene rings is 1. The summed E-state index contributed by atoms with van der Waals surface area (Å²) >= 11 is 0. The van der Waals surface area contributed by atoms with E-state index in [1.807, 2.05) is 50.1 Å². The smallest absolute Gasteiger partial charge is 0.410 e. The zero-order valence-electron chi connectivity index (χ0n) is 30.4. The fraction of sp³-hybridized carbons (Fsp3) is 0.641. The van der Waals surface area contributed by atoms with E-state index < -0.39 is 5.60 Å². The summed E-state index contributed by atoms with van der Waals surface area (Å²) in [6.45, 7) is 15.7. The highest BCUT2D eigenvalue weighted by Crippen LogP contribution is 2.52. The van der Waals surface area contributed by atoms with Gasteiger partial charge in [0.25, 0.3) is 0 Å². The zero-order valence-corrected chi connectivity index (χ0v) is 30.4. The number of nitrogens with two attached hydrogens (primary N) is 1. The number of nitrogens with zero attached hydrogens (tertiary/aromatic N) is 7. The Morgan fingerprint density at radius 3 is 2.38 bits per heavy atom. The first-order chi connectivity index (χ1) is 24.0. The maximum absolute atomic E-state index is 12.4. The van der Waals surface area contributed by atoms with E-state index in [0.29, 0.717) is 40.4 Å². The van der Waals surface area contributed by atoms with E-state index in [0.717, 1.165) is 43.1 Å².